The number of aromatic nitrogens is 3. The molecule has 6 heteroatoms. The molecule has 0 unspecified atom stereocenters. The summed E-state index contributed by atoms with van der Waals surface area (Å²) in [5, 5.41) is 10.8. The number of hydrogen-bond donors (Lipinski definition) is 2. The van der Waals surface area contributed by atoms with Crippen LogP contribution in [0.3, 0.4) is 0 Å². The minimum atomic E-state index is -0.113. The number of nitrogens with one attached hydrogen (secondary N) is 2. The fraction of sp³-hybridized carbons (Fsp3) is 0.375. The lowest BCUT2D eigenvalue weighted by atomic mass is 9.94. The molecule has 30 heavy (non-hydrogen) atoms. The maximum absolute atomic E-state index is 12.1. The lowest BCUT2D eigenvalue weighted by Gasteiger charge is -2.14. The number of carbonyl (C=O) groups is 1. The van der Waals surface area contributed by atoms with Gasteiger partial charge in [0, 0.05) is 42.3 Å². The van der Waals surface area contributed by atoms with Crippen LogP contribution in [-0.2, 0) is 25.8 Å². The maximum Gasteiger partial charge on any atom is 0.314 e. The molecule has 0 bridgehead atoms. The number of urea groups is 1. The molecule has 2 N–H and O–H groups in total. The van der Waals surface area contributed by atoms with Gasteiger partial charge in [0.15, 0.2) is 0 Å². The summed E-state index contributed by atoms with van der Waals surface area (Å²) in [4.78, 5) is 16.2. The minimum Gasteiger partial charge on any atom is -0.338 e. The predicted molar refractivity (Wildman–Crippen MR) is 118 cm³/mol. The molecule has 0 radical (unpaired) electrons. The first-order valence-corrected chi connectivity index (χ1v) is 10.9. The van der Waals surface area contributed by atoms with Crippen molar-refractivity contribution >= 4 is 6.03 Å². The normalized spacial score (nSPS) is 12.9. The van der Waals surface area contributed by atoms with Gasteiger partial charge in [-0.15, -0.1) is 0 Å². The lowest BCUT2D eigenvalue weighted by Crippen LogP contribution is -2.38. The smallest absolute Gasteiger partial charge is 0.314 e. The zero-order chi connectivity index (χ0) is 20.6. The van der Waals surface area contributed by atoms with Gasteiger partial charge >= 0.3 is 6.03 Å². The van der Waals surface area contributed by atoms with E-state index in [-0.39, 0.29) is 6.03 Å². The number of benzene rings is 1. The predicted octanol–water partition coefficient (Wildman–Crippen LogP) is 3.76. The number of fused-ring (bicyclic) bond motifs is 1. The van der Waals surface area contributed by atoms with E-state index in [0.29, 0.717) is 19.6 Å². The van der Waals surface area contributed by atoms with Gasteiger partial charge < -0.3 is 10.6 Å². The van der Waals surface area contributed by atoms with E-state index >= 15 is 0 Å². The summed E-state index contributed by atoms with van der Waals surface area (Å²) in [5.74, 6) is 0. The topological polar surface area (TPSA) is 71.8 Å². The van der Waals surface area contributed by atoms with E-state index in [2.05, 4.69) is 32.4 Å². The molecule has 6 nitrogen and oxygen atoms in total. The molecular weight excluding hydrogens is 374 g/mol. The van der Waals surface area contributed by atoms with Gasteiger partial charge in [0.1, 0.15) is 0 Å². The molecule has 1 aromatic carbocycles. The Morgan fingerprint density at radius 1 is 0.967 bits per heavy atom. The zero-order valence-corrected chi connectivity index (χ0v) is 17.3. The van der Waals surface area contributed by atoms with Crippen molar-refractivity contribution in [3.05, 3.63) is 71.7 Å². The summed E-state index contributed by atoms with van der Waals surface area (Å²) in [5.41, 5.74) is 6.16. The van der Waals surface area contributed by atoms with Crippen LogP contribution in [0, 0.1) is 0 Å². The molecule has 0 saturated carbocycles. The highest BCUT2D eigenvalue weighted by Gasteiger charge is 2.21. The van der Waals surface area contributed by atoms with Crippen LogP contribution >= 0.6 is 0 Å². The summed E-state index contributed by atoms with van der Waals surface area (Å²) in [6.45, 7) is 1.92. The number of rotatable bonds is 8. The van der Waals surface area contributed by atoms with Crippen molar-refractivity contribution in [3.63, 3.8) is 0 Å². The van der Waals surface area contributed by atoms with E-state index in [9.17, 15) is 4.79 Å². The van der Waals surface area contributed by atoms with Crippen LogP contribution in [0.1, 0.15) is 36.1 Å². The molecule has 0 aliphatic heterocycles. The third-order valence-corrected chi connectivity index (χ3v) is 5.59. The molecule has 156 valence electrons. The van der Waals surface area contributed by atoms with Crippen molar-refractivity contribution in [2.24, 2.45) is 0 Å². The fourth-order valence-electron chi connectivity index (χ4n) is 4.07. The summed E-state index contributed by atoms with van der Waals surface area (Å²) < 4.78 is 2.08. The number of nitrogens with zero attached hydrogens (tertiary/aromatic N) is 3. The van der Waals surface area contributed by atoms with Crippen molar-refractivity contribution < 1.29 is 4.79 Å². The molecule has 0 atom stereocenters. The second-order valence-corrected chi connectivity index (χ2v) is 7.71. The van der Waals surface area contributed by atoms with E-state index in [1.165, 1.54) is 29.7 Å². The van der Waals surface area contributed by atoms with Crippen LogP contribution in [0.25, 0.3) is 11.3 Å². The molecule has 2 aromatic heterocycles. The highest BCUT2D eigenvalue weighted by Crippen LogP contribution is 2.30. The molecule has 1 aliphatic rings. The molecule has 2 amide bonds. The largest absolute Gasteiger partial charge is 0.338 e. The number of pyridine rings is 1. The number of aryl methyl sites for hydroxylation is 1. The first-order valence-electron chi connectivity index (χ1n) is 10.9. The van der Waals surface area contributed by atoms with Gasteiger partial charge in [-0.2, -0.15) is 5.10 Å². The fourth-order valence-corrected chi connectivity index (χ4v) is 4.07. The van der Waals surface area contributed by atoms with Crippen molar-refractivity contribution in [2.75, 3.05) is 13.1 Å². The van der Waals surface area contributed by atoms with E-state index in [1.54, 1.807) is 0 Å². The maximum atomic E-state index is 12.1. The molecule has 0 fully saturated rings. The number of amides is 2. The van der Waals surface area contributed by atoms with Gasteiger partial charge in [-0.25, -0.2) is 4.79 Å². The molecule has 0 saturated heterocycles. The van der Waals surface area contributed by atoms with Crippen LogP contribution in [-0.4, -0.2) is 33.9 Å². The van der Waals surface area contributed by atoms with Gasteiger partial charge in [-0.3, -0.25) is 9.67 Å². The second-order valence-electron chi connectivity index (χ2n) is 7.71. The van der Waals surface area contributed by atoms with Crippen molar-refractivity contribution in [3.8, 4) is 11.3 Å². The van der Waals surface area contributed by atoms with Gasteiger partial charge in [0.05, 0.1) is 12.2 Å². The summed E-state index contributed by atoms with van der Waals surface area (Å²) in [6.07, 6.45) is 10.1. The van der Waals surface area contributed by atoms with E-state index < -0.39 is 0 Å². The Morgan fingerprint density at radius 2 is 1.73 bits per heavy atom. The summed E-state index contributed by atoms with van der Waals surface area (Å²) in [6, 6.07) is 14.3. The first kappa shape index (κ1) is 20.1. The third-order valence-electron chi connectivity index (χ3n) is 5.59. The molecule has 1 aliphatic carbocycles. The van der Waals surface area contributed by atoms with Crippen LogP contribution < -0.4 is 10.6 Å². The zero-order valence-electron chi connectivity index (χ0n) is 17.3. The van der Waals surface area contributed by atoms with E-state index in [1.807, 2.05) is 42.7 Å². The molecular formula is C24H29N5O. The van der Waals surface area contributed by atoms with E-state index in [4.69, 9.17) is 5.10 Å². The first-order chi connectivity index (χ1) is 14.8. The Hall–Kier alpha value is -3.15. The molecule has 3 aromatic rings. The Morgan fingerprint density at radius 3 is 2.57 bits per heavy atom. The van der Waals surface area contributed by atoms with E-state index in [0.717, 1.165) is 36.9 Å². The minimum absolute atomic E-state index is 0.113. The van der Waals surface area contributed by atoms with Gasteiger partial charge in [-0.1, -0.05) is 30.3 Å². The monoisotopic (exact) mass is 403 g/mol. The molecule has 4 rings (SSSR count). The second kappa shape index (κ2) is 10.1. The van der Waals surface area contributed by atoms with Crippen molar-refractivity contribution in [1.82, 2.24) is 25.4 Å². The average Bonchev–Trinajstić information content (AvgIpc) is 3.17. The summed E-state index contributed by atoms with van der Waals surface area (Å²) >= 11 is 0. The average molecular weight is 404 g/mol. The number of hydrogen-bond acceptors (Lipinski definition) is 3. The number of carbonyl (C=O) groups excluding carboxylic acids is 1. The van der Waals surface area contributed by atoms with Crippen LogP contribution in [0.5, 0.6) is 0 Å². The quantitative estimate of drug-likeness (QED) is 0.563. The third kappa shape index (κ3) is 5.06. The Kier molecular flexibility index (Phi) is 6.75. The summed E-state index contributed by atoms with van der Waals surface area (Å²) in [7, 11) is 0. The Bertz CT molecular complexity index is 952. The van der Waals surface area contributed by atoms with Crippen LogP contribution in [0.2, 0.25) is 0 Å². The lowest BCUT2D eigenvalue weighted by molar-refractivity contribution is 0.240. The molecule has 0 spiro atoms. The Balaban J connectivity index is 1.27. The van der Waals surface area contributed by atoms with Gasteiger partial charge in [-0.05, 0) is 56.2 Å². The standard InChI is InChI=1S/C24H29N5O/c30-24(26-14-6-9-19-7-2-1-3-8-19)27-17-18-29-22-11-5-4-10-21(22)23(28-29)20-12-15-25-16-13-20/h1-3,7-8,12-13,15-16H,4-6,9-11,14,17-18H2,(H2,26,27,30). The van der Waals surface area contributed by atoms with Crippen LogP contribution in [0.4, 0.5) is 4.79 Å². The van der Waals surface area contributed by atoms with Gasteiger partial charge in [0.2, 0.25) is 0 Å². The van der Waals surface area contributed by atoms with Crippen LogP contribution in [0.15, 0.2) is 54.9 Å². The van der Waals surface area contributed by atoms with Crippen molar-refractivity contribution in [1.29, 1.82) is 0 Å². The molecule has 2 heterocycles. The highest BCUT2D eigenvalue weighted by atomic mass is 16.2. The highest BCUT2D eigenvalue weighted by molar-refractivity contribution is 5.73. The van der Waals surface area contributed by atoms with Crippen molar-refractivity contribution in [2.45, 2.75) is 45.1 Å². The van der Waals surface area contributed by atoms with Gasteiger partial charge in [0.25, 0.3) is 0 Å². The Labute approximate surface area is 177 Å². The SMILES string of the molecule is O=C(NCCCc1ccccc1)NCCn1nc(-c2ccncc2)c2c1CCCC2.